The first kappa shape index (κ1) is 13.4. The van der Waals surface area contributed by atoms with E-state index >= 15 is 0 Å². The van der Waals surface area contributed by atoms with Gasteiger partial charge in [0.05, 0.1) is 16.7 Å². The third-order valence-electron chi connectivity index (χ3n) is 4.33. The van der Waals surface area contributed by atoms with Gasteiger partial charge in [0.2, 0.25) is 0 Å². The average Bonchev–Trinajstić information content (AvgIpc) is 2.74. The van der Waals surface area contributed by atoms with Crippen molar-refractivity contribution in [1.82, 2.24) is 14.5 Å². The minimum absolute atomic E-state index is 0.198. The van der Waals surface area contributed by atoms with Gasteiger partial charge in [-0.25, -0.2) is 9.78 Å². The molecule has 0 radical (unpaired) electrons. The second-order valence-corrected chi connectivity index (χ2v) is 6.17. The van der Waals surface area contributed by atoms with E-state index < -0.39 is 18.3 Å². The highest BCUT2D eigenvalue weighted by Crippen LogP contribution is 2.36. The minimum atomic E-state index is -0.508. The number of aromatic amines is 1. The molecule has 0 saturated carbocycles. The Morgan fingerprint density at radius 1 is 1.25 bits per heavy atom. The van der Waals surface area contributed by atoms with Crippen LogP contribution in [0.15, 0.2) is 17.1 Å². The van der Waals surface area contributed by atoms with Crippen molar-refractivity contribution in [2.45, 2.75) is 38.9 Å². The molecule has 106 valence electrons. The maximum absolute atomic E-state index is 11.7. The molecular weight excluding hydrogens is 257 g/mol. The van der Waals surface area contributed by atoms with Crippen LogP contribution in [0.25, 0.3) is 11.2 Å². The first-order valence-electron chi connectivity index (χ1n) is 6.62. The van der Waals surface area contributed by atoms with Gasteiger partial charge >= 0.3 is 12.8 Å². The van der Waals surface area contributed by atoms with Gasteiger partial charge in [-0.15, -0.1) is 0 Å². The molecule has 1 aliphatic heterocycles. The topological polar surface area (TPSA) is 69.1 Å². The van der Waals surface area contributed by atoms with Gasteiger partial charge in [0, 0.05) is 18.7 Å². The van der Waals surface area contributed by atoms with E-state index in [1.54, 1.807) is 13.2 Å². The average molecular weight is 275 g/mol. The molecule has 0 amide bonds. The van der Waals surface area contributed by atoms with Gasteiger partial charge in [0.25, 0.3) is 0 Å². The SMILES string of the molecule is Cn1c(=O)[nH]c2nccc(B3OC(C)(C)C(C)(C)O3)c21. The number of hydrogen-bond acceptors (Lipinski definition) is 4. The number of aryl methyl sites for hydroxylation is 1. The minimum Gasteiger partial charge on any atom is -0.399 e. The largest absolute Gasteiger partial charge is 0.497 e. The van der Waals surface area contributed by atoms with Crippen molar-refractivity contribution in [2.75, 3.05) is 0 Å². The molecular formula is C13H18BN3O3. The summed E-state index contributed by atoms with van der Waals surface area (Å²) in [5.74, 6) is 0. The Morgan fingerprint density at radius 2 is 1.85 bits per heavy atom. The summed E-state index contributed by atoms with van der Waals surface area (Å²) in [6.07, 6.45) is 1.65. The van der Waals surface area contributed by atoms with Gasteiger partial charge in [0.1, 0.15) is 0 Å². The number of rotatable bonds is 1. The smallest absolute Gasteiger partial charge is 0.399 e. The number of aromatic nitrogens is 3. The maximum atomic E-state index is 11.7. The van der Waals surface area contributed by atoms with Gasteiger partial charge in [-0.2, -0.15) is 0 Å². The predicted octanol–water partition coefficient (Wildman–Crippen LogP) is 0.561. The first-order valence-corrected chi connectivity index (χ1v) is 6.62. The van der Waals surface area contributed by atoms with Crippen molar-refractivity contribution in [3.8, 4) is 0 Å². The van der Waals surface area contributed by atoms with E-state index in [-0.39, 0.29) is 5.69 Å². The zero-order chi connectivity index (χ0) is 14.7. The molecule has 1 aliphatic rings. The summed E-state index contributed by atoms with van der Waals surface area (Å²) in [5.41, 5.74) is 1.05. The summed E-state index contributed by atoms with van der Waals surface area (Å²) in [4.78, 5) is 18.6. The molecule has 1 N–H and O–H groups in total. The van der Waals surface area contributed by atoms with E-state index in [1.807, 2.05) is 33.8 Å². The third-order valence-corrected chi connectivity index (χ3v) is 4.33. The van der Waals surface area contributed by atoms with Crippen molar-refractivity contribution >= 4 is 23.7 Å². The molecule has 0 aromatic carbocycles. The lowest BCUT2D eigenvalue weighted by Gasteiger charge is -2.32. The fourth-order valence-electron chi connectivity index (χ4n) is 2.36. The lowest BCUT2D eigenvalue weighted by Crippen LogP contribution is -2.41. The monoisotopic (exact) mass is 275 g/mol. The standard InChI is InChI=1S/C13H18BN3O3/c1-12(2)13(3,4)20-14(19-12)8-6-7-15-10-9(8)17(5)11(18)16-10/h6-7H,1-5H3,(H,15,16,18). The van der Waals surface area contributed by atoms with Gasteiger partial charge in [-0.1, -0.05) is 0 Å². The summed E-state index contributed by atoms with van der Waals surface area (Å²) >= 11 is 0. The van der Waals surface area contributed by atoms with Crippen molar-refractivity contribution in [1.29, 1.82) is 0 Å². The van der Waals surface area contributed by atoms with E-state index in [9.17, 15) is 4.79 Å². The molecule has 2 aromatic heterocycles. The second kappa shape index (κ2) is 3.96. The van der Waals surface area contributed by atoms with Crippen LogP contribution >= 0.6 is 0 Å². The second-order valence-electron chi connectivity index (χ2n) is 6.17. The highest BCUT2D eigenvalue weighted by molar-refractivity contribution is 6.64. The highest BCUT2D eigenvalue weighted by atomic mass is 16.7. The molecule has 0 unspecified atom stereocenters. The Labute approximate surface area is 117 Å². The summed E-state index contributed by atoms with van der Waals surface area (Å²) < 4.78 is 13.6. The van der Waals surface area contributed by atoms with Crippen LogP contribution in [-0.2, 0) is 16.4 Å². The van der Waals surface area contributed by atoms with E-state index in [0.717, 1.165) is 11.0 Å². The molecule has 0 atom stereocenters. The maximum Gasteiger partial charge on any atom is 0.497 e. The molecule has 2 aromatic rings. The van der Waals surface area contributed by atoms with E-state index in [2.05, 4.69) is 9.97 Å². The van der Waals surface area contributed by atoms with Crippen LogP contribution in [0.1, 0.15) is 27.7 Å². The summed E-state index contributed by atoms with van der Waals surface area (Å²) in [6.45, 7) is 8.01. The molecule has 1 saturated heterocycles. The molecule has 0 spiro atoms. The lowest BCUT2D eigenvalue weighted by molar-refractivity contribution is 0.00578. The van der Waals surface area contributed by atoms with Gasteiger partial charge < -0.3 is 9.31 Å². The van der Waals surface area contributed by atoms with Crippen LogP contribution in [0.5, 0.6) is 0 Å². The number of H-pyrrole nitrogens is 1. The predicted molar refractivity (Wildman–Crippen MR) is 77.1 cm³/mol. The molecule has 1 fully saturated rings. The normalized spacial score (nSPS) is 20.8. The Bertz CT molecular complexity index is 716. The Morgan fingerprint density at radius 3 is 2.45 bits per heavy atom. The lowest BCUT2D eigenvalue weighted by atomic mass is 9.79. The summed E-state index contributed by atoms with van der Waals surface area (Å²) in [7, 11) is 1.20. The van der Waals surface area contributed by atoms with Crippen molar-refractivity contribution in [2.24, 2.45) is 7.05 Å². The van der Waals surface area contributed by atoms with E-state index in [4.69, 9.17) is 9.31 Å². The van der Waals surface area contributed by atoms with Gasteiger partial charge in [-0.05, 0) is 33.8 Å². The van der Waals surface area contributed by atoms with Crippen LogP contribution < -0.4 is 11.2 Å². The number of hydrogen-bond donors (Lipinski definition) is 1. The van der Waals surface area contributed by atoms with Gasteiger partial charge in [0.15, 0.2) is 5.65 Å². The zero-order valence-corrected chi connectivity index (χ0v) is 12.4. The fraction of sp³-hybridized carbons (Fsp3) is 0.538. The molecule has 0 aliphatic carbocycles. The first-order chi connectivity index (χ1) is 9.23. The van der Waals surface area contributed by atoms with Crippen LogP contribution in [0.4, 0.5) is 0 Å². The zero-order valence-electron chi connectivity index (χ0n) is 12.4. The molecule has 0 bridgehead atoms. The van der Waals surface area contributed by atoms with E-state index in [0.29, 0.717) is 5.65 Å². The van der Waals surface area contributed by atoms with Crippen molar-refractivity contribution in [3.05, 3.63) is 22.7 Å². The number of pyridine rings is 1. The molecule has 3 heterocycles. The number of nitrogens with one attached hydrogen (secondary N) is 1. The molecule has 3 rings (SSSR count). The number of fused-ring (bicyclic) bond motifs is 1. The van der Waals surface area contributed by atoms with Crippen molar-refractivity contribution in [3.63, 3.8) is 0 Å². The van der Waals surface area contributed by atoms with E-state index in [1.165, 1.54) is 4.57 Å². The summed E-state index contributed by atoms with van der Waals surface area (Å²) in [6, 6.07) is 1.83. The quantitative estimate of drug-likeness (QED) is 0.772. The van der Waals surface area contributed by atoms with Crippen molar-refractivity contribution < 1.29 is 9.31 Å². The van der Waals surface area contributed by atoms with Crippen LogP contribution in [0.2, 0.25) is 0 Å². The Kier molecular flexibility index (Phi) is 2.65. The third kappa shape index (κ3) is 1.73. The van der Waals surface area contributed by atoms with Crippen LogP contribution in [-0.4, -0.2) is 32.9 Å². The molecule has 7 heteroatoms. The fourth-order valence-corrected chi connectivity index (χ4v) is 2.36. The number of imidazole rings is 1. The van der Waals surface area contributed by atoms with Gasteiger partial charge in [-0.3, -0.25) is 9.55 Å². The molecule has 20 heavy (non-hydrogen) atoms. The Balaban J connectivity index is 2.15. The molecule has 6 nitrogen and oxygen atoms in total. The van der Waals surface area contributed by atoms with Crippen LogP contribution in [0, 0.1) is 0 Å². The number of nitrogens with zero attached hydrogens (tertiary/aromatic N) is 2. The summed E-state index contributed by atoms with van der Waals surface area (Å²) in [5, 5.41) is 0. The highest BCUT2D eigenvalue weighted by Gasteiger charge is 2.52. The Hall–Kier alpha value is -1.60. The van der Waals surface area contributed by atoms with Crippen LogP contribution in [0.3, 0.4) is 0 Å².